The van der Waals surface area contributed by atoms with Gasteiger partial charge in [-0.2, -0.15) is 0 Å². The number of hydrogen-bond acceptors (Lipinski definition) is 5. The first-order chi connectivity index (χ1) is 11.0. The highest BCUT2D eigenvalue weighted by Crippen LogP contribution is 2.27. The second-order valence-electron chi connectivity index (χ2n) is 5.47. The maximum Gasteiger partial charge on any atom is 0.160 e. The molecule has 0 fully saturated rings. The van der Waals surface area contributed by atoms with Crippen LogP contribution in [0.3, 0.4) is 0 Å². The molecule has 0 unspecified atom stereocenters. The lowest BCUT2D eigenvalue weighted by Crippen LogP contribution is -2.11. The minimum Gasteiger partial charge on any atom is -0.504 e. The molecule has 0 amide bonds. The van der Waals surface area contributed by atoms with Crippen molar-refractivity contribution in [2.24, 2.45) is 5.92 Å². The Morgan fingerprint density at radius 2 is 2.09 bits per heavy atom. The maximum atomic E-state index is 12.1. The summed E-state index contributed by atoms with van der Waals surface area (Å²) in [6.07, 6.45) is 3.66. The number of ketones is 1. The van der Waals surface area contributed by atoms with Crippen LogP contribution in [0.5, 0.6) is 11.5 Å². The molecule has 0 bridgehead atoms. The molecule has 0 aliphatic carbocycles. The van der Waals surface area contributed by atoms with Gasteiger partial charge in [-0.3, -0.25) is 4.79 Å². The van der Waals surface area contributed by atoms with E-state index in [1.54, 1.807) is 18.2 Å². The van der Waals surface area contributed by atoms with Crippen molar-refractivity contribution in [2.75, 3.05) is 20.3 Å². The average Bonchev–Trinajstić information content (AvgIpc) is 2.57. The first kappa shape index (κ1) is 19.2. The summed E-state index contributed by atoms with van der Waals surface area (Å²) >= 11 is 0. The third kappa shape index (κ3) is 6.04. The molecule has 5 heteroatoms. The second kappa shape index (κ2) is 10.0. The van der Waals surface area contributed by atoms with Gasteiger partial charge in [0.15, 0.2) is 17.3 Å². The minimum absolute atomic E-state index is 0.0303. The van der Waals surface area contributed by atoms with E-state index in [1.807, 2.05) is 6.92 Å². The molecule has 23 heavy (non-hydrogen) atoms. The molecule has 0 spiro atoms. The summed E-state index contributed by atoms with van der Waals surface area (Å²) in [5.41, 5.74) is 1.57. The van der Waals surface area contributed by atoms with Crippen LogP contribution in [0.1, 0.15) is 31.7 Å². The highest BCUT2D eigenvalue weighted by atomic mass is 16.5. The van der Waals surface area contributed by atoms with Crippen LogP contribution in [-0.4, -0.2) is 41.4 Å². The Balaban J connectivity index is 2.69. The van der Waals surface area contributed by atoms with Gasteiger partial charge in [0, 0.05) is 13.0 Å². The van der Waals surface area contributed by atoms with Crippen molar-refractivity contribution in [3.05, 3.63) is 35.4 Å². The molecule has 5 nitrogen and oxygen atoms in total. The Bertz CT molecular complexity index is 536. The lowest BCUT2D eigenvalue weighted by atomic mass is 9.92. The molecule has 1 rings (SSSR count). The van der Waals surface area contributed by atoms with Gasteiger partial charge in [0.2, 0.25) is 0 Å². The van der Waals surface area contributed by atoms with E-state index < -0.39 is 0 Å². The Hall–Kier alpha value is -1.85. The van der Waals surface area contributed by atoms with Crippen LogP contribution in [0.25, 0.3) is 0 Å². The number of aliphatic hydroxyl groups is 2. The van der Waals surface area contributed by atoms with E-state index in [9.17, 15) is 15.0 Å². The van der Waals surface area contributed by atoms with Crippen LogP contribution in [0.15, 0.2) is 29.8 Å². The van der Waals surface area contributed by atoms with Gasteiger partial charge in [0.1, 0.15) is 0 Å². The van der Waals surface area contributed by atoms with E-state index in [2.05, 4.69) is 0 Å². The number of phenols is 1. The summed E-state index contributed by atoms with van der Waals surface area (Å²) in [7, 11) is 1.48. The van der Waals surface area contributed by atoms with Gasteiger partial charge < -0.3 is 20.1 Å². The number of carbonyl (C=O) groups is 1. The molecule has 128 valence electrons. The van der Waals surface area contributed by atoms with Crippen LogP contribution in [-0.2, 0) is 11.2 Å². The molecule has 1 atom stereocenters. The Morgan fingerprint density at radius 3 is 2.65 bits per heavy atom. The Kier molecular flexibility index (Phi) is 8.37. The number of aliphatic hydroxyl groups excluding tert-OH is 2. The van der Waals surface area contributed by atoms with Crippen LogP contribution < -0.4 is 4.74 Å². The summed E-state index contributed by atoms with van der Waals surface area (Å²) in [6, 6.07) is 5.00. The quantitative estimate of drug-likeness (QED) is 0.575. The fourth-order valence-corrected chi connectivity index (χ4v) is 2.52. The minimum atomic E-state index is -0.169. The molecule has 0 saturated carbocycles. The molecule has 0 heterocycles. The number of methoxy groups -OCH3 is 1. The zero-order chi connectivity index (χ0) is 17.2. The van der Waals surface area contributed by atoms with Crippen LogP contribution in [0, 0.1) is 5.92 Å². The van der Waals surface area contributed by atoms with Crippen molar-refractivity contribution in [3.8, 4) is 11.5 Å². The molecule has 1 aromatic rings. The van der Waals surface area contributed by atoms with Crippen LogP contribution in [0.4, 0.5) is 0 Å². The fourth-order valence-electron chi connectivity index (χ4n) is 2.52. The number of aromatic hydroxyl groups is 1. The van der Waals surface area contributed by atoms with E-state index in [4.69, 9.17) is 9.84 Å². The standard InChI is InChI=1S/C18H26O5/c1-3-14(8-9-19)15(12-20)11-16(21)6-4-13-5-7-17(22)18(10-13)23-2/h5,7,10-11,14,19-20,22H,3-4,6,8-9,12H2,1-2H3/b15-11+/t14-/m0/s1. The molecular formula is C18H26O5. The van der Waals surface area contributed by atoms with Crippen molar-refractivity contribution in [1.82, 2.24) is 0 Å². The summed E-state index contributed by atoms with van der Waals surface area (Å²) in [4.78, 5) is 12.1. The second-order valence-corrected chi connectivity index (χ2v) is 5.47. The van der Waals surface area contributed by atoms with E-state index in [0.29, 0.717) is 30.6 Å². The van der Waals surface area contributed by atoms with Gasteiger partial charge in [-0.15, -0.1) is 0 Å². The SMILES string of the molecule is CC[C@@H](CCO)/C(=C/C(=O)CCc1ccc(O)c(OC)c1)CO. The lowest BCUT2D eigenvalue weighted by Gasteiger charge is -2.15. The van der Waals surface area contributed by atoms with Crippen LogP contribution >= 0.6 is 0 Å². The number of allylic oxidation sites excluding steroid dienone is 1. The molecular weight excluding hydrogens is 296 g/mol. The van der Waals surface area contributed by atoms with E-state index in [-0.39, 0.29) is 30.7 Å². The van der Waals surface area contributed by atoms with Gasteiger partial charge in [-0.1, -0.05) is 13.0 Å². The van der Waals surface area contributed by atoms with Gasteiger partial charge in [-0.25, -0.2) is 0 Å². The first-order valence-corrected chi connectivity index (χ1v) is 7.86. The van der Waals surface area contributed by atoms with Gasteiger partial charge in [0.25, 0.3) is 0 Å². The molecule has 0 radical (unpaired) electrons. The number of carbonyl (C=O) groups excluding carboxylic acids is 1. The largest absolute Gasteiger partial charge is 0.504 e. The third-order valence-electron chi connectivity index (χ3n) is 3.93. The van der Waals surface area contributed by atoms with Gasteiger partial charge >= 0.3 is 0 Å². The number of ether oxygens (including phenoxy) is 1. The Morgan fingerprint density at radius 1 is 1.35 bits per heavy atom. The van der Waals surface area contributed by atoms with Crippen molar-refractivity contribution in [2.45, 2.75) is 32.6 Å². The maximum absolute atomic E-state index is 12.1. The molecule has 0 aliphatic rings. The highest BCUT2D eigenvalue weighted by molar-refractivity contribution is 5.90. The average molecular weight is 322 g/mol. The normalized spacial score (nSPS) is 13.0. The topological polar surface area (TPSA) is 87.0 Å². The summed E-state index contributed by atoms with van der Waals surface area (Å²) in [5, 5.41) is 28.0. The highest BCUT2D eigenvalue weighted by Gasteiger charge is 2.13. The van der Waals surface area contributed by atoms with E-state index >= 15 is 0 Å². The van der Waals surface area contributed by atoms with E-state index in [1.165, 1.54) is 13.2 Å². The molecule has 1 aromatic carbocycles. The molecule has 3 N–H and O–H groups in total. The summed E-state index contributed by atoms with van der Waals surface area (Å²) in [5.74, 6) is 0.426. The molecule has 0 saturated heterocycles. The monoisotopic (exact) mass is 322 g/mol. The zero-order valence-electron chi connectivity index (χ0n) is 13.8. The number of rotatable bonds is 10. The molecule has 0 aliphatic heterocycles. The molecule has 0 aromatic heterocycles. The lowest BCUT2D eigenvalue weighted by molar-refractivity contribution is -0.114. The Labute approximate surface area is 137 Å². The van der Waals surface area contributed by atoms with Crippen molar-refractivity contribution >= 4 is 5.78 Å². The van der Waals surface area contributed by atoms with Crippen molar-refractivity contribution < 1.29 is 24.9 Å². The predicted molar refractivity (Wildman–Crippen MR) is 88.6 cm³/mol. The zero-order valence-corrected chi connectivity index (χ0v) is 13.8. The third-order valence-corrected chi connectivity index (χ3v) is 3.93. The van der Waals surface area contributed by atoms with Gasteiger partial charge in [0.05, 0.1) is 13.7 Å². The number of phenolic OH excluding ortho intramolecular Hbond substituents is 1. The smallest absolute Gasteiger partial charge is 0.160 e. The van der Waals surface area contributed by atoms with Crippen LogP contribution in [0.2, 0.25) is 0 Å². The fraction of sp³-hybridized carbons (Fsp3) is 0.500. The number of benzene rings is 1. The van der Waals surface area contributed by atoms with Crippen molar-refractivity contribution in [3.63, 3.8) is 0 Å². The number of aryl methyl sites for hydroxylation is 1. The predicted octanol–water partition coefficient (Wildman–Crippen LogP) is 2.23. The van der Waals surface area contributed by atoms with E-state index in [0.717, 1.165) is 12.0 Å². The first-order valence-electron chi connectivity index (χ1n) is 7.86. The summed E-state index contributed by atoms with van der Waals surface area (Å²) < 4.78 is 5.04. The summed E-state index contributed by atoms with van der Waals surface area (Å²) in [6.45, 7) is 1.84. The van der Waals surface area contributed by atoms with Crippen molar-refractivity contribution in [1.29, 1.82) is 0 Å². The van der Waals surface area contributed by atoms with Gasteiger partial charge in [-0.05, 0) is 54.5 Å². The number of hydrogen-bond donors (Lipinski definition) is 3.